The summed E-state index contributed by atoms with van der Waals surface area (Å²) in [5, 5.41) is 9.81. The molecular weight excluding hydrogens is 563 g/mol. The zero-order valence-electron chi connectivity index (χ0n) is 26.5. The van der Waals surface area contributed by atoms with Gasteiger partial charge in [0, 0.05) is 63.6 Å². The number of hydrogen-bond acceptors (Lipinski definition) is 6. The van der Waals surface area contributed by atoms with E-state index in [2.05, 4.69) is 20.6 Å². The maximum Gasteiger partial charge on any atom is 0.245 e. The number of piperazine rings is 1. The van der Waals surface area contributed by atoms with E-state index < -0.39 is 23.7 Å². The van der Waals surface area contributed by atoms with E-state index in [1.807, 2.05) is 14.0 Å². The van der Waals surface area contributed by atoms with Crippen LogP contribution in [0.1, 0.15) is 87.7 Å². The summed E-state index contributed by atoms with van der Waals surface area (Å²) >= 11 is 0. The molecule has 2 heterocycles. The average molecular weight is 611 g/mol. The molecule has 0 bridgehead atoms. The Morgan fingerprint density at radius 3 is 2.36 bits per heavy atom. The molecule has 0 spiro atoms. The van der Waals surface area contributed by atoms with Crippen LogP contribution in [0.15, 0.2) is 30.5 Å². The molecule has 4 rings (SSSR count). The molecule has 1 aromatic heterocycles. The largest absolute Gasteiger partial charge is 0.344 e. The molecule has 2 aromatic rings. The van der Waals surface area contributed by atoms with Crippen LogP contribution in [0, 0.1) is 17.7 Å². The number of ketones is 1. The summed E-state index contributed by atoms with van der Waals surface area (Å²) in [6.45, 7) is 8.59. The van der Waals surface area contributed by atoms with Gasteiger partial charge in [-0.1, -0.05) is 39.2 Å². The van der Waals surface area contributed by atoms with Gasteiger partial charge < -0.3 is 20.4 Å². The fourth-order valence-corrected chi connectivity index (χ4v) is 6.37. The van der Waals surface area contributed by atoms with Crippen molar-refractivity contribution in [2.45, 2.75) is 84.2 Å². The summed E-state index contributed by atoms with van der Waals surface area (Å²) in [5.74, 6) is -2.64. The fraction of sp³-hybridized carbons (Fsp3) is 0.606. The molecule has 240 valence electrons. The lowest BCUT2D eigenvalue weighted by Gasteiger charge is -2.36. The topological polar surface area (TPSA) is 117 Å². The Morgan fingerprint density at radius 1 is 1.02 bits per heavy atom. The molecule has 10 nitrogen and oxygen atoms in total. The number of carbonyl (C=O) groups is 4. The van der Waals surface area contributed by atoms with Crippen molar-refractivity contribution in [1.29, 1.82) is 0 Å². The Labute approximate surface area is 259 Å². The number of amides is 3. The van der Waals surface area contributed by atoms with Crippen LogP contribution in [-0.4, -0.2) is 82.4 Å². The molecule has 2 N–H and O–H groups in total. The molecule has 3 atom stereocenters. The normalized spacial score (nSPS) is 18.3. The summed E-state index contributed by atoms with van der Waals surface area (Å²) in [6.07, 6.45) is 6.65. The molecule has 1 aromatic carbocycles. The first kappa shape index (κ1) is 33.3. The summed E-state index contributed by atoms with van der Waals surface area (Å²) in [7, 11) is 2.00. The van der Waals surface area contributed by atoms with E-state index in [4.69, 9.17) is 0 Å². The second kappa shape index (κ2) is 15.4. The van der Waals surface area contributed by atoms with E-state index in [0.717, 1.165) is 45.2 Å². The second-order valence-electron chi connectivity index (χ2n) is 12.2. The SMILES string of the molecule is CCC(=O)N[C@@H](C(=O)N1CCN(C)CC1)[C@@H](C)c1ccc(NC(=O)[C@@H](CC(=O)c2ccnn2CC)C2CCCCC2)c(F)c1. The van der Waals surface area contributed by atoms with Crippen molar-refractivity contribution < 1.29 is 23.6 Å². The molecule has 2 aliphatic rings. The molecule has 44 heavy (non-hydrogen) atoms. The first-order chi connectivity index (χ1) is 21.1. The third-order valence-electron chi connectivity index (χ3n) is 9.26. The van der Waals surface area contributed by atoms with Crippen LogP contribution in [0.5, 0.6) is 0 Å². The number of hydrogen-bond donors (Lipinski definition) is 2. The van der Waals surface area contributed by atoms with Gasteiger partial charge >= 0.3 is 0 Å². The van der Waals surface area contributed by atoms with E-state index in [1.165, 1.54) is 12.1 Å². The molecule has 1 saturated carbocycles. The number of benzene rings is 1. The van der Waals surface area contributed by atoms with Crippen LogP contribution in [0.25, 0.3) is 0 Å². The van der Waals surface area contributed by atoms with Crippen molar-refractivity contribution >= 4 is 29.2 Å². The van der Waals surface area contributed by atoms with Gasteiger partial charge in [0.15, 0.2) is 5.78 Å². The van der Waals surface area contributed by atoms with Gasteiger partial charge in [0.25, 0.3) is 0 Å². The maximum absolute atomic E-state index is 15.6. The number of nitrogens with zero attached hydrogens (tertiary/aromatic N) is 4. The molecule has 0 radical (unpaired) electrons. The van der Waals surface area contributed by atoms with Gasteiger partial charge in [0.2, 0.25) is 17.7 Å². The number of likely N-dealkylation sites (N-methyl/N-ethyl adjacent to an activating group) is 1. The first-order valence-electron chi connectivity index (χ1n) is 16.0. The quantitative estimate of drug-likeness (QED) is 0.348. The van der Waals surface area contributed by atoms with E-state index in [1.54, 1.807) is 41.8 Å². The van der Waals surface area contributed by atoms with Crippen LogP contribution >= 0.6 is 0 Å². The highest BCUT2D eigenvalue weighted by molar-refractivity contribution is 6.00. The molecule has 3 amide bonds. The molecule has 2 fully saturated rings. The standard InChI is InChI=1S/C33H47FN6O4/c1-5-30(42)37-31(33(44)39-18-16-38(4)17-19-39)22(3)24-12-13-27(26(34)20-24)36-32(43)25(23-10-8-7-9-11-23)21-29(41)28-14-15-35-40(28)6-2/h12-15,20,22-23,25,31H,5-11,16-19,21H2,1-4H3,(H,36,43)(H,37,42)/t22-,25-,31+/m0/s1. The van der Waals surface area contributed by atoms with E-state index in [0.29, 0.717) is 30.9 Å². The van der Waals surface area contributed by atoms with Crippen LogP contribution in [0.3, 0.4) is 0 Å². The molecule has 1 aliphatic heterocycles. The Bertz CT molecular complexity index is 1320. The Morgan fingerprint density at radius 2 is 1.73 bits per heavy atom. The van der Waals surface area contributed by atoms with Gasteiger partial charge in [-0.3, -0.25) is 23.9 Å². The first-order valence-corrected chi connectivity index (χ1v) is 16.0. The lowest BCUT2D eigenvalue weighted by molar-refractivity contribution is -0.138. The zero-order valence-corrected chi connectivity index (χ0v) is 26.5. The molecular formula is C33H47FN6O4. The van der Waals surface area contributed by atoms with Crippen LogP contribution in [0.2, 0.25) is 0 Å². The van der Waals surface area contributed by atoms with E-state index in [-0.39, 0.29) is 48.0 Å². The highest BCUT2D eigenvalue weighted by Gasteiger charge is 2.35. The average Bonchev–Trinajstić information content (AvgIpc) is 3.52. The predicted octanol–water partition coefficient (Wildman–Crippen LogP) is 4.22. The zero-order chi connectivity index (χ0) is 31.8. The summed E-state index contributed by atoms with van der Waals surface area (Å²) in [6, 6.07) is 5.34. The molecule has 1 saturated heterocycles. The lowest BCUT2D eigenvalue weighted by Crippen LogP contribution is -2.55. The third kappa shape index (κ3) is 8.11. The van der Waals surface area contributed by atoms with Gasteiger partial charge in [-0.15, -0.1) is 0 Å². The van der Waals surface area contributed by atoms with Crippen molar-refractivity contribution in [3.05, 3.63) is 47.5 Å². The van der Waals surface area contributed by atoms with Crippen LogP contribution < -0.4 is 10.6 Å². The van der Waals surface area contributed by atoms with Crippen molar-refractivity contribution in [2.24, 2.45) is 11.8 Å². The molecule has 11 heteroatoms. The number of aromatic nitrogens is 2. The predicted molar refractivity (Wildman–Crippen MR) is 167 cm³/mol. The van der Waals surface area contributed by atoms with Gasteiger partial charge in [-0.2, -0.15) is 5.10 Å². The Kier molecular flexibility index (Phi) is 11.7. The van der Waals surface area contributed by atoms with Gasteiger partial charge in [-0.05, 0) is 56.5 Å². The van der Waals surface area contributed by atoms with Crippen molar-refractivity contribution in [3.8, 4) is 0 Å². The number of rotatable bonds is 12. The highest BCUT2D eigenvalue weighted by Crippen LogP contribution is 2.34. The number of carbonyl (C=O) groups excluding carboxylic acids is 4. The monoisotopic (exact) mass is 610 g/mol. The van der Waals surface area contributed by atoms with Gasteiger partial charge in [0.05, 0.1) is 5.69 Å². The number of anilines is 1. The molecule has 0 unspecified atom stereocenters. The minimum atomic E-state index is -0.844. The fourth-order valence-electron chi connectivity index (χ4n) is 6.37. The smallest absolute Gasteiger partial charge is 0.245 e. The Balaban J connectivity index is 1.51. The van der Waals surface area contributed by atoms with E-state index >= 15 is 4.39 Å². The number of nitrogens with one attached hydrogen (secondary N) is 2. The number of aryl methyl sites for hydroxylation is 1. The number of Topliss-reactive ketones (excluding diaryl/α,β-unsaturated/α-hetero) is 1. The van der Waals surface area contributed by atoms with Crippen molar-refractivity contribution in [3.63, 3.8) is 0 Å². The third-order valence-corrected chi connectivity index (χ3v) is 9.26. The number of halogens is 1. The summed E-state index contributed by atoms with van der Waals surface area (Å²) < 4.78 is 17.2. The lowest BCUT2D eigenvalue weighted by atomic mass is 9.77. The minimum absolute atomic E-state index is 0.0253. The van der Waals surface area contributed by atoms with Gasteiger partial charge in [0.1, 0.15) is 17.6 Å². The summed E-state index contributed by atoms with van der Waals surface area (Å²) in [5.41, 5.74) is 1.04. The van der Waals surface area contributed by atoms with Gasteiger partial charge in [-0.25, -0.2) is 4.39 Å². The Hall–Kier alpha value is -3.60. The summed E-state index contributed by atoms with van der Waals surface area (Å²) in [4.78, 5) is 56.7. The van der Waals surface area contributed by atoms with E-state index in [9.17, 15) is 19.2 Å². The van der Waals surface area contributed by atoms with Crippen LogP contribution in [-0.2, 0) is 20.9 Å². The maximum atomic E-state index is 15.6. The van der Waals surface area contributed by atoms with Crippen molar-refractivity contribution in [1.82, 2.24) is 24.9 Å². The highest BCUT2D eigenvalue weighted by atomic mass is 19.1. The molecule has 1 aliphatic carbocycles. The van der Waals surface area contributed by atoms with Crippen LogP contribution in [0.4, 0.5) is 10.1 Å². The minimum Gasteiger partial charge on any atom is -0.344 e. The second-order valence-corrected chi connectivity index (χ2v) is 12.2. The van der Waals surface area contributed by atoms with Crippen molar-refractivity contribution in [2.75, 3.05) is 38.5 Å².